The van der Waals surface area contributed by atoms with Gasteiger partial charge in [0.15, 0.2) is 0 Å². The van der Waals surface area contributed by atoms with Gasteiger partial charge in [0.25, 0.3) is 5.91 Å². The monoisotopic (exact) mass is 297 g/mol. The van der Waals surface area contributed by atoms with Crippen LogP contribution in [0.25, 0.3) is 0 Å². The molecule has 0 unspecified atom stereocenters. The number of rotatable bonds is 6. The van der Waals surface area contributed by atoms with Gasteiger partial charge in [-0.3, -0.25) is 19.1 Å². The molecule has 116 valence electrons. The third kappa shape index (κ3) is 4.30. The van der Waals surface area contributed by atoms with E-state index in [4.69, 9.17) is 0 Å². The highest BCUT2D eigenvalue weighted by molar-refractivity contribution is 5.96. The molecule has 0 fully saturated rings. The average Bonchev–Trinajstić information content (AvgIpc) is 2.86. The molecule has 0 N–H and O–H groups in total. The first-order valence-corrected chi connectivity index (χ1v) is 6.40. The molecule has 21 heavy (non-hydrogen) atoms. The van der Waals surface area contributed by atoms with E-state index < -0.39 is 17.8 Å². The lowest BCUT2D eigenvalue weighted by Gasteiger charge is -2.20. The fraction of sp³-hybridized carbons (Fsp3) is 0.538. The molecular formula is C13H19N3O5. The lowest BCUT2D eigenvalue weighted by atomic mass is 10.3. The third-order valence-corrected chi connectivity index (χ3v) is 2.80. The first-order valence-electron chi connectivity index (χ1n) is 6.40. The Bertz CT molecular complexity index is 520. The van der Waals surface area contributed by atoms with Crippen molar-refractivity contribution >= 4 is 17.8 Å². The van der Waals surface area contributed by atoms with E-state index in [1.807, 2.05) is 6.92 Å². The number of aryl methyl sites for hydroxylation is 2. The van der Waals surface area contributed by atoms with Gasteiger partial charge in [-0.25, -0.2) is 0 Å². The van der Waals surface area contributed by atoms with Crippen LogP contribution in [0.2, 0.25) is 0 Å². The highest BCUT2D eigenvalue weighted by Crippen LogP contribution is 2.08. The van der Waals surface area contributed by atoms with Crippen molar-refractivity contribution in [3.05, 3.63) is 17.5 Å². The molecule has 1 heterocycles. The zero-order chi connectivity index (χ0) is 16.0. The van der Waals surface area contributed by atoms with E-state index in [-0.39, 0.29) is 13.1 Å². The molecule has 0 aromatic carbocycles. The number of hydrogen-bond donors (Lipinski definition) is 0. The Labute approximate surface area is 122 Å². The molecule has 8 heteroatoms. The van der Waals surface area contributed by atoms with Gasteiger partial charge in [0, 0.05) is 6.54 Å². The zero-order valence-corrected chi connectivity index (χ0v) is 12.6. The number of amides is 1. The molecule has 0 aliphatic rings. The molecule has 0 radical (unpaired) electrons. The predicted molar refractivity (Wildman–Crippen MR) is 72.6 cm³/mol. The number of carbonyl (C=O) groups excluding carboxylic acids is 3. The maximum absolute atomic E-state index is 12.5. The maximum atomic E-state index is 12.5. The summed E-state index contributed by atoms with van der Waals surface area (Å²) in [5, 5.41) is 4.17. The van der Waals surface area contributed by atoms with Crippen molar-refractivity contribution in [2.75, 3.05) is 27.3 Å². The molecule has 0 spiro atoms. The van der Waals surface area contributed by atoms with Crippen LogP contribution in [0.4, 0.5) is 0 Å². The first kappa shape index (κ1) is 16.7. The molecular weight excluding hydrogens is 278 g/mol. The van der Waals surface area contributed by atoms with E-state index in [2.05, 4.69) is 14.6 Å². The van der Waals surface area contributed by atoms with Gasteiger partial charge < -0.3 is 14.4 Å². The largest absolute Gasteiger partial charge is 0.468 e. The lowest BCUT2D eigenvalue weighted by molar-refractivity contribution is -0.144. The Balaban J connectivity index is 3.02. The second kappa shape index (κ2) is 7.41. The van der Waals surface area contributed by atoms with E-state index >= 15 is 0 Å². The zero-order valence-electron chi connectivity index (χ0n) is 12.6. The third-order valence-electron chi connectivity index (χ3n) is 2.80. The van der Waals surface area contributed by atoms with Gasteiger partial charge in [0.1, 0.15) is 18.8 Å². The van der Waals surface area contributed by atoms with Gasteiger partial charge >= 0.3 is 11.9 Å². The highest BCUT2D eigenvalue weighted by atomic mass is 16.5. The second-order valence-corrected chi connectivity index (χ2v) is 4.30. The van der Waals surface area contributed by atoms with Crippen LogP contribution in [-0.2, 0) is 25.6 Å². The number of hydrogen-bond acceptors (Lipinski definition) is 6. The Hall–Kier alpha value is -2.38. The molecule has 1 amide bonds. The average molecular weight is 297 g/mol. The first-order chi connectivity index (χ1) is 9.92. The van der Waals surface area contributed by atoms with Gasteiger partial charge in [-0.05, 0) is 19.9 Å². The number of methoxy groups -OCH3 is 2. The summed E-state index contributed by atoms with van der Waals surface area (Å²) in [5.41, 5.74) is 0.985. The van der Waals surface area contributed by atoms with Crippen LogP contribution < -0.4 is 0 Å². The maximum Gasteiger partial charge on any atom is 0.325 e. The van der Waals surface area contributed by atoms with E-state index in [1.54, 1.807) is 13.0 Å². The van der Waals surface area contributed by atoms with Crippen LogP contribution in [0.3, 0.4) is 0 Å². The molecule has 8 nitrogen and oxygen atoms in total. The van der Waals surface area contributed by atoms with Gasteiger partial charge in [-0.1, -0.05) is 0 Å². The summed E-state index contributed by atoms with van der Waals surface area (Å²) in [6.07, 6.45) is 0. The minimum atomic E-state index is -0.619. The predicted octanol–water partition coefficient (Wildman–Crippen LogP) is -0.000380. The Morgan fingerprint density at radius 2 is 1.71 bits per heavy atom. The normalized spacial score (nSPS) is 10.1. The van der Waals surface area contributed by atoms with Crippen molar-refractivity contribution in [3.63, 3.8) is 0 Å². The molecule has 0 aliphatic carbocycles. The minimum Gasteiger partial charge on any atom is -0.468 e. The molecule has 1 aromatic heterocycles. The summed E-state index contributed by atoms with van der Waals surface area (Å²) < 4.78 is 10.6. The Kier molecular flexibility index (Phi) is 5.89. The van der Waals surface area contributed by atoms with Crippen LogP contribution in [-0.4, -0.2) is 59.8 Å². The number of aromatic nitrogens is 2. The molecule has 1 aromatic rings. The van der Waals surface area contributed by atoms with E-state index in [0.717, 1.165) is 4.90 Å². The van der Waals surface area contributed by atoms with Crippen molar-refractivity contribution in [3.8, 4) is 0 Å². The van der Waals surface area contributed by atoms with Gasteiger partial charge in [-0.15, -0.1) is 0 Å². The summed E-state index contributed by atoms with van der Waals surface area (Å²) in [7, 11) is 2.42. The molecule has 0 saturated heterocycles. The number of carbonyl (C=O) groups is 3. The molecule has 1 rings (SSSR count). The molecule has 0 atom stereocenters. The van der Waals surface area contributed by atoms with Gasteiger partial charge in [0.2, 0.25) is 0 Å². The summed E-state index contributed by atoms with van der Waals surface area (Å²) in [6, 6.07) is 1.60. The standard InChI is InChI=1S/C13H19N3O5/c1-5-16-10(6-9(2)14-16)13(19)15(7-11(17)20-3)8-12(18)21-4/h6H,5,7-8H2,1-4H3. The second-order valence-electron chi connectivity index (χ2n) is 4.30. The van der Waals surface area contributed by atoms with Crippen molar-refractivity contribution < 1.29 is 23.9 Å². The van der Waals surface area contributed by atoms with Crippen molar-refractivity contribution in [2.24, 2.45) is 0 Å². The highest BCUT2D eigenvalue weighted by Gasteiger charge is 2.25. The quantitative estimate of drug-likeness (QED) is 0.686. The van der Waals surface area contributed by atoms with E-state index in [1.165, 1.54) is 18.9 Å². The van der Waals surface area contributed by atoms with Crippen molar-refractivity contribution in [2.45, 2.75) is 20.4 Å². The van der Waals surface area contributed by atoms with E-state index in [0.29, 0.717) is 17.9 Å². The molecule has 0 saturated carbocycles. The van der Waals surface area contributed by atoms with Crippen LogP contribution in [0.15, 0.2) is 6.07 Å². The van der Waals surface area contributed by atoms with Crippen LogP contribution >= 0.6 is 0 Å². The summed E-state index contributed by atoms with van der Waals surface area (Å²) in [5.74, 6) is -1.72. The summed E-state index contributed by atoms with van der Waals surface area (Å²) in [4.78, 5) is 36.4. The summed E-state index contributed by atoms with van der Waals surface area (Å²) >= 11 is 0. The topological polar surface area (TPSA) is 90.7 Å². The van der Waals surface area contributed by atoms with E-state index in [9.17, 15) is 14.4 Å². The fourth-order valence-electron chi connectivity index (χ4n) is 1.76. The number of nitrogens with zero attached hydrogens (tertiary/aromatic N) is 3. The van der Waals surface area contributed by atoms with Crippen LogP contribution in [0, 0.1) is 6.92 Å². The van der Waals surface area contributed by atoms with Crippen molar-refractivity contribution in [1.29, 1.82) is 0 Å². The van der Waals surface area contributed by atoms with Gasteiger partial charge in [-0.2, -0.15) is 5.10 Å². The summed E-state index contributed by atoms with van der Waals surface area (Å²) in [6.45, 7) is 3.43. The Morgan fingerprint density at radius 3 is 2.14 bits per heavy atom. The lowest BCUT2D eigenvalue weighted by Crippen LogP contribution is -2.41. The SMILES string of the molecule is CCn1nc(C)cc1C(=O)N(CC(=O)OC)CC(=O)OC. The minimum absolute atomic E-state index is 0.308. The number of ether oxygens (including phenoxy) is 2. The van der Waals surface area contributed by atoms with Gasteiger partial charge in [0.05, 0.1) is 19.9 Å². The van der Waals surface area contributed by atoms with Crippen LogP contribution in [0.1, 0.15) is 23.1 Å². The molecule has 0 aliphatic heterocycles. The van der Waals surface area contributed by atoms with Crippen molar-refractivity contribution in [1.82, 2.24) is 14.7 Å². The van der Waals surface area contributed by atoms with Crippen LogP contribution in [0.5, 0.6) is 0 Å². The molecule has 0 bridgehead atoms. The number of esters is 2. The fourth-order valence-corrected chi connectivity index (χ4v) is 1.76. The smallest absolute Gasteiger partial charge is 0.325 e. The Morgan fingerprint density at radius 1 is 1.19 bits per heavy atom.